The number of rotatable bonds is 10. The molecule has 0 aliphatic rings. The number of benzene rings is 4. The van der Waals surface area contributed by atoms with Crippen LogP contribution < -0.4 is 14.4 Å². The zero-order valence-corrected chi connectivity index (χ0v) is 28.0. The van der Waals surface area contributed by atoms with Gasteiger partial charge in [0.15, 0.2) is 0 Å². The largest absolute Gasteiger partial charge is 0.443 e. The quantitative estimate of drug-likeness (QED) is 0.150. The van der Waals surface area contributed by atoms with Crippen molar-refractivity contribution in [2.45, 2.75) is 44.6 Å². The highest BCUT2D eigenvalue weighted by Crippen LogP contribution is 2.29. The first-order chi connectivity index (χ1) is 22.9. The van der Waals surface area contributed by atoms with Crippen molar-refractivity contribution in [3.8, 4) is 16.9 Å². The van der Waals surface area contributed by atoms with Crippen LogP contribution in [-0.4, -0.2) is 37.5 Å². The fraction of sp³-hybridized carbons (Fsp3) is 0.184. The second-order valence-corrected chi connectivity index (χ2v) is 13.7. The lowest BCUT2D eigenvalue weighted by atomic mass is 9.99. The van der Waals surface area contributed by atoms with Crippen LogP contribution in [0.2, 0.25) is 0 Å². The van der Waals surface area contributed by atoms with E-state index in [4.69, 9.17) is 8.92 Å². The summed E-state index contributed by atoms with van der Waals surface area (Å²) in [5.41, 5.74) is 4.06. The van der Waals surface area contributed by atoms with Crippen LogP contribution in [-0.2, 0) is 21.3 Å². The average molecular weight is 664 g/mol. The molecule has 0 fully saturated rings. The zero-order chi connectivity index (χ0) is 34.3. The van der Waals surface area contributed by atoms with Gasteiger partial charge in [0.1, 0.15) is 16.2 Å². The van der Waals surface area contributed by atoms with E-state index >= 15 is 0 Å². The van der Waals surface area contributed by atoms with E-state index in [9.17, 15) is 18.0 Å². The predicted molar refractivity (Wildman–Crippen MR) is 187 cm³/mol. The summed E-state index contributed by atoms with van der Waals surface area (Å²) in [5, 5.41) is 2.94. The first-order valence-electron chi connectivity index (χ1n) is 15.4. The number of aryl methyl sites for hydroxylation is 1. The molecule has 0 radical (unpaired) electrons. The zero-order valence-electron chi connectivity index (χ0n) is 27.2. The third-order valence-corrected chi connectivity index (χ3v) is 8.48. The van der Waals surface area contributed by atoms with Gasteiger partial charge in [-0.3, -0.25) is 14.7 Å². The number of aromatic nitrogens is 1. The van der Waals surface area contributed by atoms with E-state index in [0.717, 1.165) is 11.3 Å². The molecule has 0 saturated carbocycles. The number of hydrogen-bond donors (Lipinski definition) is 1. The Hall–Kier alpha value is -5.48. The normalized spacial score (nSPS) is 11.4. The maximum Gasteiger partial charge on any atom is 0.414 e. The minimum absolute atomic E-state index is 0.0641. The Morgan fingerprint density at radius 2 is 1.48 bits per heavy atom. The Kier molecular flexibility index (Phi) is 10.2. The molecule has 0 atom stereocenters. The standard InChI is InChI=1S/C38H37N3O6S/c1-27-12-22-33(23-13-27)48(44,45)47-32-20-14-28(15-21-32)34-10-5-6-11-35(34)36(42)40-30-16-18-31(19-17-30)41(37(43)46-38(2,3)4)26-24-29-9-7-8-25-39-29/h5-23,25H,24,26H2,1-4H3,(H,40,42). The summed E-state index contributed by atoms with van der Waals surface area (Å²) in [6.45, 7) is 7.68. The molecule has 9 nitrogen and oxygen atoms in total. The van der Waals surface area contributed by atoms with Gasteiger partial charge in [0.2, 0.25) is 0 Å². The molecule has 5 aromatic rings. The first-order valence-corrected chi connectivity index (χ1v) is 16.8. The van der Waals surface area contributed by atoms with Crippen molar-refractivity contribution in [2.24, 2.45) is 0 Å². The van der Waals surface area contributed by atoms with Crippen LogP contribution in [0.15, 0.2) is 126 Å². The van der Waals surface area contributed by atoms with Gasteiger partial charge in [0, 0.05) is 41.8 Å². The second kappa shape index (κ2) is 14.5. The fourth-order valence-corrected chi connectivity index (χ4v) is 5.77. The van der Waals surface area contributed by atoms with Crippen LogP contribution in [0.4, 0.5) is 16.2 Å². The highest BCUT2D eigenvalue weighted by molar-refractivity contribution is 7.87. The molecule has 48 heavy (non-hydrogen) atoms. The number of ether oxygens (including phenoxy) is 1. The number of nitrogens with one attached hydrogen (secondary N) is 1. The molecule has 1 N–H and O–H groups in total. The molecular weight excluding hydrogens is 626 g/mol. The molecule has 5 rings (SSSR count). The number of anilines is 2. The molecule has 0 saturated heterocycles. The Balaban J connectivity index is 1.29. The van der Waals surface area contributed by atoms with Gasteiger partial charge in [-0.05, 0) is 106 Å². The molecule has 1 heterocycles. The molecule has 0 bridgehead atoms. The Morgan fingerprint density at radius 3 is 2.12 bits per heavy atom. The summed E-state index contributed by atoms with van der Waals surface area (Å²) < 4.78 is 36.4. The monoisotopic (exact) mass is 663 g/mol. The number of amides is 2. The highest BCUT2D eigenvalue weighted by Gasteiger charge is 2.24. The summed E-state index contributed by atoms with van der Waals surface area (Å²) in [5.74, 6) is -0.179. The van der Waals surface area contributed by atoms with Gasteiger partial charge < -0.3 is 14.2 Å². The lowest BCUT2D eigenvalue weighted by Gasteiger charge is -2.27. The van der Waals surface area contributed by atoms with Gasteiger partial charge in [0.05, 0.1) is 0 Å². The molecule has 2 amide bonds. The second-order valence-electron chi connectivity index (χ2n) is 12.1. The van der Waals surface area contributed by atoms with Crippen molar-refractivity contribution in [1.29, 1.82) is 0 Å². The Labute approximate surface area is 281 Å². The van der Waals surface area contributed by atoms with Gasteiger partial charge in [-0.1, -0.05) is 54.1 Å². The van der Waals surface area contributed by atoms with Gasteiger partial charge in [-0.15, -0.1) is 0 Å². The molecule has 1 aromatic heterocycles. The topological polar surface area (TPSA) is 115 Å². The minimum Gasteiger partial charge on any atom is -0.443 e. The van der Waals surface area contributed by atoms with Crippen molar-refractivity contribution < 1.29 is 26.9 Å². The van der Waals surface area contributed by atoms with Crippen molar-refractivity contribution in [1.82, 2.24) is 4.98 Å². The van der Waals surface area contributed by atoms with E-state index in [1.54, 1.807) is 83.9 Å². The molecule has 10 heteroatoms. The van der Waals surface area contributed by atoms with Crippen LogP contribution in [0.1, 0.15) is 42.4 Å². The van der Waals surface area contributed by atoms with Crippen molar-refractivity contribution in [2.75, 3.05) is 16.8 Å². The molecular formula is C38H37N3O6S. The van der Waals surface area contributed by atoms with Crippen LogP contribution >= 0.6 is 0 Å². The smallest absolute Gasteiger partial charge is 0.414 e. The molecule has 0 unspecified atom stereocenters. The number of carbonyl (C=O) groups excluding carboxylic acids is 2. The van der Waals surface area contributed by atoms with E-state index < -0.39 is 21.8 Å². The lowest BCUT2D eigenvalue weighted by molar-refractivity contribution is 0.0580. The van der Waals surface area contributed by atoms with Gasteiger partial charge in [0.25, 0.3) is 5.91 Å². The Morgan fingerprint density at radius 1 is 0.812 bits per heavy atom. The molecule has 0 aliphatic carbocycles. The van der Waals surface area contributed by atoms with Crippen molar-refractivity contribution in [3.05, 3.63) is 138 Å². The molecule has 4 aromatic carbocycles. The first kappa shape index (κ1) is 33.9. The summed E-state index contributed by atoms with van der Waals surface area (Å²) >= 11 is 0. The maximum absolute atomic E-state index is 13.5. The Bertz CT molecular complexity index is 1970. The summed E-state index contributed by atoms with van der Waals surface area (Å²) in [7, 11) is -4.00. The lowest BCUT2D eigenvalue weighted by Crippen LogP contribution is -2.38. The third-order valence-electron chi connectivity index (χ3n) is 7.22. The average Bonchev–Trinajstić information content (AvgIpc) is 3.05. The predicted octanol–water partition coefficient (Wildman–Crippen LogP) is 8.06. The number of hydrogen-bond acceptors (Lipinski definition) is 7. The highest BCUT2D eigenvalue weighted by atomic mass is 32.2. The summed E-state index contributed by atoms with van der Waals surface area (Å²) in [6.07, 6.45) is 1.77. The molecule has 0 aliphatic heterocycles. The van der Waals surface area contributed by atoms with E-state index in [0.29, 0.717) is 41.0 Å². The SMILES string of the molecule is Cc1ccc(S(=O)(=O)Oc2ccc(-c3ccccc3C(=O)Nc3ccc(N(CCc4ccccn4)C(=O)OC(C)(C)C)cc3)cc2)cc1. The maximum atomic E-state index is 13.5. The van der Waals surface area contributed by atoms with E-state index in [1.165, 1.54) is 12.1 Å². The summed E-state index contributed by atoms with van der Waals surface area (Å²) in [4.78, 5) is 32.6. The van der Waals surface area contributed by atoms with Crippen molar-refractivity contribution in [3.63, 3.8) is 0 Å². The van der Waals surface area contributed by atoms with Crippen molar-refractivity contribution >= 4 is 33.5 Å². The van der Waals surface area contributed by atoms with E-state index in [2.05, 4.69) is 10.3 Å². The molecule has 246 valence electrons. The third kappa shape index (κ3) is 8.86. The molecule has 0 spiro atoms. The number of pyridine rings is 1. The summed E-state index contributed by atoms with van der Waals surface area (Å²) in [6, 6.07) is 32.7. The van der Waals surface area contributed by atoms with Gasteiger partial charge in [-0.25, -0.2) is 4.79 Å². The van der Waals surface area contributed by atoms with Crippen LogP contribution in [0, 0.1) is 6.92 Å². The number of carbonyl (C=O) groups is 2. The fourth-order valence-electron chi connectivity index (χ4n) is 4.84. The van der Waals surface area contributed by atoms with Crippen LogP contribution in [0.25, 0.3) is 11.1 Å². The van der Waals surface area contributed by atoms with Gasteiger partial charge in [-0.2, -0.15) is 8.42 Å². The van der Waals surface area contributed by atoms with Gasteiger partial charge >= 0.3 is 16.2 Å². The number of nitrogens with zero attached hydrogens (tertiary/aromatic N) is 2. The van der Waals surface area contributed by atoms with E-state index in [1.807, 2.05) is 58.0 Å². The minimum atomic E-state index is -4.00. The van der Waals surface area contributed by atoms with E-state index in [-0.39, 0.29) is 16.6 Å². The van der Waals surface area contributed by atoms with Crippen LogP contribution in [0.3, 0.4) is 0 Å². The van der Waals surface area contributed by atoms with Crippen LogP contribution in [0.5, 0.6) is 5.75 Å².